The summed E-state index contributed by atoms with van der Waals surface area (Å²) in [5, 5.41) is 15.1. The minimum Gasteiger partial charge on any atom is -0.396 e. The Kier molecular flexibility index (Phi) is 4.93. The molecular formula is C17H21N3O2S. The number of thiazole rings is 1. The predicted molar refractivity (Wildman–Crippen MR) is 92.9 cm³/mol. The van der Waals surface area contributed by atoms with Crippen molar-refractivity contribution >= 4 is 28.1 Å². The van der Waals surface area contributed by atoms with Crippen LogP contribution in [0.15, 0.2) is 29.6 Å². The Morgan fingerprint density at radius 1 is 1.39 bits per heavy atom. The molecule has 0 spiro atoms. The molecule has 1 heterocycles. The van der Waals surface area contributed by atoms with Gasteiger partial charge >= 0.3 is 0 Å². The van der Waals surface area contributed by atoms with Crippen molar-refractivity contribution in [2.24, 2.45) is 0 Å². The van der Waals surface area contributed by atoms with Crippen LogP contribution in [0.3, 0.4) is 0 Å². The third-order valence-electron chi connectivity index (χ3n) is 3.83. The maximum Gasteiger partial charge on any atom is 0.225 e. The molecule has 1 aliphatic carbocycles. The predicted octanol–water partition coefficient (Wildman–Crippen LogP) is 2.81. The van der Waals surface area contributed by atoms with Crippen molar-refractivity contribution < 1.29 is 9.90 Å². The Balaban J connectivity index is 1.59. The zero-order chi connectivity index (χ0) is 16.2. The molecule has 6 heteroatoms. The Bertz CT molecular complexity index is 665. The van der Waals surface area contributed by atoms with E-state index in [9.17, 15) is 4.79 Å². The molecule has 1 aromatic carbocycles. The maximum absolute atomic E-state index is 11.8. The molecule has 0 atom stereocenters. The van der Waals surface area contributed by atoms with Crippen molar-refractivity contribution in [2.45, 2.75) is 38.8 Å². The fourth-order valence-corrected chi connectivity index (χ4v) is 3.42. The zero-order valence-corrected chi connectivity index (χ0v) is 14.0. The van der Waals surface area contributed by atoms with E-state index in [1.54, 1.807) is 6.92 Å². The van der Waals surface area contributed by atoms with Gasteiger partial charge in [0.25, 0.3) is 0 Å². The van der Waals surface area contributed by atoms with E-state index < -0.39 is 0 Å². The summed E-state index contributed by atoms with van der Waals surface area (Å²) in [5.41, 5.74) is 3.08. The number of aliphatic hydroxyl groups is 1. The molecule has 2 N–H and O–H groups in total. The van der Waals surface area contributed by atoms with Gasteiger partial charge in [0.05, 0.1) is 12.2 Å². The second kappa shape index (κ2) is 7.10. The van der Waals surface area contributed by atoms with E-state index >= 15 is 0 Å². The summed E-state index contributed by atoms with van der Waals surface area (Å²) in [7, 11) is 0. The minimum absolute atomic E-state index is 0.0702. The number of aliphatic hydroxyl groups excluding tert-OH is 1. The van der Waals surface area contributed by atoms with E-state index in [0.29, 0.717) is 19.0 Å². The van der Waals surface area contributed by atoms with Crippen LogP contribution >= 0.6 is 11.3 Å². The molecule has 1 fully saturated rings. The Hall–Kier alpha value is -1.92. The highest BCUT2D eigenvalue weighted by Crippen LogP contribution is 2.33. The van der Waals surface area contributed by atoms with Crippen LogP contribution in [-0.2, 0) is 17.8 Å². The molecule has 3 rings (SSSR count). The quantitative estimate of drug-likeness (QED) is 0.819. The average molecular weight is 331 g/mol. The lowest BCUT2D eigenvalue weighted by molar-refractivity contribution is -0.116. The molecule has 5 nitrogen and oxygen atoms in total. The highest BCUT2D eigenvalue weighted by atomic mass is 32.1. The fourth-order valence-electron chi connectivity index (χ4n) is 2.48. The Morgan fingerprint density at radius 2 is 2.13 bits per heavy atom. The molecule has 0 aliphatic heterocycles. The fraction of sp³-hybridized carbons (Fsp3) is 0.412. The number of hydrogen-bond acceptors (Lipinski definition) is 5. The molecule has 1 amide bonds. The van der Waals surface area contributed by atoms with E-state index in [-0.39, 0.29) is 12.5 Å². The van der Waals surface area contributed by atoms with Gasteiger partial charge in [0.1, 0.15) is 0 Å². The van der Waals surface area contributed by atoms with Crippen molar-refractivity contribution in [2.75, 3.05) is 16.8 Å². The molecule has 23 heavy (non-hydrogen) atoms. The van der Waals surface area contributed by atoms with Gasteiger partial charge in [0.2, 0.25) is 5.91 Å². The first kappa shape index (κ1) is 16.0. The van der Waals surface area contributed by atoms with Gasteiger partial charge in [0, 0.05) is 30.6 Å². The Morgan fingerprint density at radius 3 is 2.74 bits per heavy atom. The standard InChI is InChI=1S/C17H21N3O2S/c1-12(22)20(16-6-7-16)17-19-15(11-23-17)10-18-14-4-2-13(3-5-14)8-9-21/h2-5,11,16,18,21H,6-10H2,1H3. The van der Waals surface area contributed by atoms with Gasteiger partial charge in [0.15, 0.2) is 5.13 Å². The first-order chi connectivity index (χ1) is 11.2. The van der Waals surface area contributed by atoms with Crippen LogP contribution in [0, 0.1) is 0 Å². The molecule has 0 radical (unpaired) electrons. The van der Waals surface area contributed by atoms with Gasteiger partial charge in [-0.15, -0.1) is 11.3 Å². The summed E-state index contributed by atoms with van der Waals surface area (Å²) >= 11 is 1.52. The first-order valence-electron chi connectivity index (χ1n) is 7.85. The number of carbonyl (C=O) groups excluding carboxylic acids is 1. The summed E-state index contributed by atoms with van der Waals surface area (Å²) in [6.45, 7) is 2.40. The number of hydrogen-bond donors (Lipinski definition) is 2. The number of nitrogens with zero attached hydrogens (tertiary/aromatic N) is 2. The molecule has 0 saturated heterocycles. The summed E-state index contributed by atoms with van der Waals surface area (Å²) in [6, 6.07) is 8.37. The second-order valence-corrected chi connectivity index (χ2v) is 6.60. The van der Waals surface area contributed by atoms with E-state index in [1.165, 1.54) is 11.3 Å². The molecule has 0 bridgehead atoms. The van der Waals surface area contributed by atoms with Crippen LogP contribution in [0.25, 0.3) is 0 Å². The third-order valence-corrected chi connectivity index (χ3v) is 4.71. The summed E-state index contributed by atoms with van der Waals surface area (Å²) in [5.74, 6) is 0.0702. The van der Waals surface area contributed by atoms with Crippen molar-refractivity contribution in [1.82, 2.24) is 4.98 Å². The number of amides is 1. The monoisotopic (exact) mass is 331 g/mol. The van der Waals surface area contributed by atoms with Crippen molar-refractivity contribution in [3.8, 4) is 0 Å². The molecule has 1 aromatic heterocycles. The topological polar surface area (TPSA) is 65.5 Å². The van der Waals surface area contributed by atoms with Gasteiger partial charge in [-0.3, -0.25) is 9.69 Å². The summed E-state index contributed by atoms with van der Waals surface area (Å²) in [6.07, 6.45) is 2.83. The molecule has 1 saturated carbocycles. The summed E-state index contributed by atoms with van der Waals surface area (Å²) < 4.78 is 0. The highest BCUT2D eigenvalue weighted by molar-refractivity contribution is 7.14. The highest BCUT2D eigenvalue weighted by Gasteiger charge is 2.33. The number of nitrogens with one attached hydrogen (secondary N) is 1. The van der Waals surface area contributed by atoms with Crippen LogP contribution in [-0.4, -0.2) is 28.6 Å². The van der Waals surface area contributed by atoms with Gasteiger partial charge in [-0.05, 0) is 37.0 Å². The molecule has 2 aromatic rings. The molecule has 122 valence electrons. The van der Waals surface area contributed by atoms with Crippen LogP contribution in [0.4, 0.5) is 10.8 Å². The SMILES string of the molecule is CC(=O)N(c1nc(CNc2ccc(CCO)cc2)cs1)C1CC1. The normalized spacial score (nSPS) is 13.8. The van der Waals surface area contributed by atoms with Crippen molar-refractivity contribution in [3.05, 3.63) is 40.9 Å². The van der Waals surface area contributed by atoms with E-state index in [2.05, 4.69) is 10.3 Å². The molecule has 1 aliphatic rings. The van der Waals surface area contributed by atoms with Crippen LogP contribution in [0.1, 0.15) is 31.0 Å². The number of anilines is 2. The van der Waals surface area contributed by atoms with Crippen LogP contribution in [0.2, 0.25) is 0 Å². The van der Waals surface area contributed by atoms with Crippen LogP contribution in [0.5, 0.6) is 0 Å². The van der Waals surface area contributed by atoms with E-state index in [1.807, 2.05) is 34.5 Å². The first-order valence-corrected chi connectivity index (χ1v) is 8.73. The third kappa shape index (κ3) is 4.09. The number of aromatic nitrogens is 1. The van der Waals surface area contributed by atoms with Gasteiger partial charge in [-0.2, -0.15) is 0 Å². The van der Waals surface area contributed by atoms with E-state index in [0.717, 1.165) is 34.9 Å². The number of benzene rings is 1. The molecular weight excluding hydrogens is 310 g/mol. The lowest BCUT2D eigenvalue weighted by Gasteiger charge is -2.16. The van der Waals surface area contributed by atoms with Gasteiger partial charge in [-0.1, -0.05) is 12.1 Å². The zero-order valence-electron chi connectivity index (χ0n) is 13.2. The number of rotatable bonds is 7. The Labute approximate surface area is 140 Å². The van der Waals surface area contributed by atoms with Gasteiger partial charge in [-0.25, -0.2) is 4.98 Å². The van der Waals surface area contributed by atoms with Crippen molar-refractivity contribution in [3.63, 3.8) is 0 Å². The lowest BCUT2D eigenvalue weighted by atomic mass is 10.1. The van der Waals surface area contributed by atoms with Crippen molar-refractivity contribution in [1.29, 1.82) is 0 Å². The number of carbonyl (C=O) groups is 1. The van der Waals surface area contributed by atoms with Crippen LogP contribution < -0.4 is 10.2 Å². The second-order valence-electron chi connectivity index (χ2n) is 5.77. The smallest absolute Gasteiger partial charge is 0.225 e. The molecule has 0 unspecified atom stereocenters. The van der Waals surface area contributed by atoms with E-state index in [4.69, 9.17) is 5.11 Å². The minimum atomic E-state index is 0.0702. The summed E-state index contributed by atoms with van der Waals surface area (Å²) in [4.78, 5) is 18.2. The largest absolute Gasteiger partial charge is 0.396 e. The maximum atomic E-state index is 11.8. The van der Waals surface area contributed by atoms with Gasteiger partial charge < -0.3 is 10.4 Å². The average Bonchev–Trinajstić information content (AvgIpc) is 3.25. The lowest BCUT2D eigenvalue weighted by Crippen LogP contribution is -2.30.